The number of ether oxygens (including phenoxy) is 1. The third kappa shape index (κ3) is 3.51. The molecule has 1 aromatic carbocycles. The van der Waals surface area contributed by atoms with Crippen LogP contribution in [0.25, 0.3) is 11.4 Å². The summed E-state index contributed by atoms with van der Waals surface area (Å²) in [5.41, 5.74) is 3.33. The summed E-state index contributed by atoms with van der Waals surface area (Å²) >= 11 is 0. The third-order valence-corrected chi connectivity index (χ3v) is 5.32. The van der Waals surface area contributed by atoms with Crippen LogP contribution in [0.1, 0.15) is 21.6 Å². The van der Waals surface area contributed by atoms with Crippen molar-refractivity contribution in [2.75, 3.05) is 25.0 Å². The van der Waals surface area contributed by atoms with Crippen molar-refractivity contribution in [2.45, 2.75) is 12.8 Å². The Morgan fingerprint density at radius 2 is 2.10 bits per heavy atom. The van der Waals surface area contributed by atoms with Crippen molar-refractivity contribution in [2.24, 2.45) is 5.92 Å². The maximum atomic E-state index is 12.4. The maximum Gasteiger partial charge on any atom is 0.270 e. The number of anilines is 1. The van der Waals surface area contributed by atoms with Gasteiger partial charge in [0.25, 0.3) is 5.91 Å². The molecule has 1 amide bonds. The molecule has 0 radical (unpaired) electrons. The average molecular weight is 387 g/mol. The number of pyridine rings is 1. The topological polar surface area (TPSA) is 89.0 Å². The first-order valence-corrected chi connectivity index (χ1v) is 9.82. The van der Waals surface area contributed by atoms with Gasteiger partial charge in [0.05, 0.1) is 6.61 Å². The van der Waals surface area contributed by atoms with Gasteiger partial charge in [-0.05, 0) is 36.6 Å². The first kappa shape index (κ1) is 17.6. The zero-order chi connectivity index (χ0) is 19.6. The Hall–Kier alpha value is -3.48. The highest BCUT2D eigenvalue weighted by molar-refractivity contribution is 5.96. The summed E-state index contributed by atoms with van der Waals surface area (Å²) < 4.78 is 5.90. The van der Waals surface area contributed by atoms with Crippen molar-refractivity contribution in [3.8, 4) is 17.1 Å². The summed E-state index contributed by atoms with van der Waals surface area (Å²) in [7, 11) is 0. The molecular weight excluding hydrogens is 366 g/mol. The van der Waals surface area contributed by atoms with Crippen molar-refractivity contribution >= 4 is 11.7 Å². The molecule has 2 aliphatic heterocycles. The number of aromatic nitrogens is 3. The van der Waals surface area contributed by atoms with E-state index in [0.29, 0.717) is 43.6 Å². The standard InChI is InChI=1S/C22H21N5O2/c28-22-19-17(7-9-24-22)21(27-20(26-19)16-5-3-8-23-12-16)25-11-14-10-15-4-1-2-6-18(15)29-13-14/h1-6,8,12,14H,7,9-11,13H2,(H,24,28)(H,25,26,27). The SMILES string of the molecule is O=C1NCCc2c(NCC3COc4ccccc4C3)nc(-c3cccnc3)nc21. The van der Waals surface area contributed by atoms with E-state index in [2.05, 4.69) is 26.7 Å². The van der Waals surface area contributed by atoms with Gasteiger partial charge in [0.15, 0.2) is 5.82 Å². The number of hydrogen-bond donors (Lipinski definition) is 2. The fourth-order valence-electron chi connectivity index (χ4n) is 3.83. The van der Waals surface area contributed by atoms with E-state index in [0.717, 1.165) is 29.1 Å². The summed E-state index contributed by atoms with van der Waals surface area (Å²) in [6.07, 6.45) is 5.07. The predicted octanol–water partition coefficient (Wildman–Crippen LogP) is 2.49. The van der Waals surface area contributed by atoms with Crippen molar-refractivity contribution in [3.63, 3.8) is 0 Å². The zero-order valence-corrected chi connectivity index (χ0v) is 15.9. The van der Waals surface area contributed by atoms with Crippen molar-refractivity contribution < 1.29 is 9.53 Å². The number of nitrogens with one attached hydrogen (secondary N) is 2. The Labute approximate surface area is 168 Å². The molecule has 29 heavy (non-hydrogen) atoms. The number of fused-ring (bicyclic) bond motifs is 2. The van der Waals surface area contributed by atoms with E-state index in [1.54, 1.807) is 12.4 Å². The number of benzene rings is 1. The fraction of sp³-hybridized carbons (Fsp3) is 0.273. The van der Waals surface area contributed by atoms with Crippen LogP contribution in [0.5, 0.6) is 5.75 Å². The number of carbonyl (C=O) groups is 1. The molecule has 0 fully saturated rings. The Bertz CT molecular complexity index is 1050. The van der Waals surface area contributed by atoms with Crippen LogP contribution in [0.3, 0.4) is 0 Å². The quantitative estimate of drug-likeness (QED) is 0.715. The summed E-state index contributed by atoms with van der Waals surface area (Å²) in [5.74, 6) is 2.37. The molecule has 5 rings (SSSR count). The lowest BCUT2D eigenvalue weighted by molar-refractivity contribution is 0.0940. The van der Waals surface area contributed by atoms with Crippen LogP contribution in [0.4, 0.5) is 5.82 Å². The van der Waals surface area contributed by atoms with E-state index < -0.39 is 0 Å². The molecule has 2 aromatic heterocycles. The monoisotopic (exact) mass is 387 g/mol. The zero-order valence-electron chi connectivity index (χ0n) is 15.9. The van der Waals surface area contributed by atoms with E-state index in [1.165, 1.54) is 5.56 Å². The van der Waals surface area contributed by atoms with Crippen molar-refractivity contribution in [1.29, 1.82) is 0 Å². The second-order valence-corrected chi connectivity index (χ2v) is 7.34. The van der Waals surface area contributed by atoms with Crippen LogP contribution < -0.4 is 15.4 Å². The summed E-state index contributed by atoms with van der Waals surface area (Å²) in [6.45, 7) is 1.97. The second kappa shape index (κ2) is 7.50. The summed E-state index contributed by atoms with van der Waals surface area (Å²) in [4.78, 5) is 25.8. The van der Waals surface area contributed by atoms with Gasteiger partial charge in [-0.15, -0.1) is 0 Å². The van der Waals surface area contributed by atoms with Crippen LogP contribution in [-0.2, 0) is 12.8 Å². The smallest absolute Gasteiger partial charge is 0.270 e. The molecule has 0 spiro atoms. The lowest BCUT2D eigenvalue weighted by Crippen LogP contribution is -2.34. The molecule has 1 atom stereocenters. The average Bonchev–Trinajstić information content (AvgIpc) is 2.78. The normalized spacial score (nSPS) is 17.5. The van der Waals surface area contributed by atoms with Gasteiger partial charge < -0.3 is 15.4 Å². The van der Waals surface area contributed by atoms with E-state index in [1.807, 2.05) is 30.3 Å². The Balaban J connectivity index is 1.42. The lowest BCUT2D eigenvalue weighted by Gasteiger charge is -2.26. The van der Waals surface area contributed by atoms with E-state index >= 15 is 0 Å². The Morgan fingerprint density at radius 3 is 3.00 bits per heavy atom. The van der Waals surface area contributed by atoms with Gasteiger partial charge in [0, 0.05) is 42.5 Å². The number of hydrogen-bond acceptors (Lipinski definition) is 6. The maximum absolute atomic E-state index is 12.4. The van der Waals surface area contributed by atoms with E-state index in [4.69, 9.17) is 9.72 Å². The molecule has 7 heteroatoms. The molecule has 0 aliphatic carbocycles. The molecule has 2 N–H and O–H groups in total. The summed E-state index contributed by atoms with van der Waals surface area (Å²) in [5, 5.41) is 6.34. The molecule has 0 saturated carbocycles. The van der Waals surface area contributed by atoms with Gasteiger partial charge in [-0.25, -0.2) is 9.97 Å². The number of rotatable bonds is 4. The van der Waals surface area contributed by atoms with Crippen LogP contribution in [0, 0.1) is 5.92 Å². The largest absolute Gasteiger partial charge is 0.493 e. The van der Waals surface area contributed by atoms with Gasteiger partial charge in [0.1, 0.15) is 17.3 Å². The lowest BCUT2D eigenvalue weighted by atomic mass is 9.96. The third-order valence-electron chi connectivity index (χ3n) is 5.32. The van der Waals surface area contributed by atoms with Gasteiger partial charge in [0.2, 0.25) is 0 Å². The fourth-order valence-corrected chi connectivity index (χ4v) is 3.83. The molecular formula is C22H21N5O2. The van der Waals surface area contributed by atoms with Crippen LogP contribution in [-0.4, -0.2) is 40.6 Å². The van der Waals surface area contributed by atoms with Crippen LogP contribution in [0.2, 0.25) is 0 Å². The second-order valence-electron chi connectivity index (χ2n) is 7.34. The van der Waals surface area contributed by atoms with Crippen LogP contribution in [0.15, 0.2) is 48.8 Å². The highest BCUT2D eigenvalue weighted by Gasteiger charge is 2.25. The molecule has 0 bridgehead atoms. The van der Waals surface area contributed by atoms with Gasteiger partial charge >= 0.3 is 0 Å². The molecule has 3 aromatic rings. The van der Waals surface area contributed by atoms with E-state index in [-0.39, 0.29) is 5.91 Å². The molecule has 2 aliphatic rings. The first-order chi connectivity index (χ1) is 14.3. The highest BCUT2D eigenvalue weighted by Crippen LogP contribution is 2.28. The van der Waals surface area contributed by atoms with Gasteiger partial charge in [-0.2, -0.15) is 0 Å². The van der Waals surface area contributed by atoms with E-state index in [9.17, 15) is 4.79 Å². The predicted molar refractivity (Wildman–Crippen MR) is 109 cm³/mol. The van der Waals surface area contributed by atoms with Gasteiger partial charge in [-0.1, -0.05) is 18.2 Å². The number of carbonyl (C=O) groups excluding carboxylic acids is 1. The molecule has 0 saturated heterocycles. The number of para-hydroxylation sites is 1. The molecule has 146 valence electrons. The highest BCUT2D eigenvalue weighted by atomic mass is 16.5. The summed E-state index contributed by atoms with van der Waals surface area (Å²) in [6, 6.07) is 11.9. The van der Waals surface area contributed by atoms with Crippen molar-refractivity contribution in [1.82, 2.24) is 20.3 Å². The van der Waals surface area contributed by atoms with Crippen LogP contribution >= 0.6 is 0 Å². The van der Waals surface area contributed by atoms with Crippen molar-refractivity contribution in [3.05, 3.63) is 65.6 Å². The minimum absolute atomic E-state index is 0.156. The molecule has 1 unspecified atom stereocenters. The minimum atomic E-state index is -0.156. The molecule has 7 nitrogen and oxygen atoms in total. The van der Waals surface area contributed by atoms with Gasteiger partial charge in [-0.3, -0.25) is 9.78 Å². The minimum Gasteiger partial charge on any atom is -0.493 e. The Morgan fingerprint density at radius 1 is 1.17 bits per heavy atom. The Kier molecular flexibility index (Phi) is 4.56. The number of amides is 1. The molecule has 4 heterocycles. The first-order valence-electron chi connectivity index (χ1n) is 9.82. The number of nitrogens with zero attached hydrogens (tertiary/aromatic N) is 3.